The monoisotopic (exact) mass is 214 g/mol. The maximum Gasteiger partial charge on any atom is 0.0645 e. The summed E-state index contributed by atoms with van der Waals surface area (Å²) in [7, 11) is 0. The Kier molecular flexibility index (Phi) is 5.03. The summed E-state index contributed by atoms with van der Waals surface area (Å²) < 4.78 is 5.50. The Balaban J connectivity index is 2.28. The van der Waals surface area contributed by atoms with E-state index in [1.165, 1.54) is 6.42 Å². The summed E-state index contributed by atoms with van der Waals surface area (Å²) in [5.41, 5.74) is 6.24. The number of hydrogen-bond donors (Lipinski definition) is 2. The third-order valence-corrected chi connectivity index (χ3v) is 3.58. The van der Waals surface area contributed by atoms with Gasteiger partial charge in [-0.3, -0.25) is 0 Å². The molecule has 0 aromatic carbocycles. The molecule has 3 N–H and O–H groups in total. The first kappa shape index (κ1) is 12.9. The normalized spacial score (nSPS) is 31.2. The van der Waals surface area contributed by atoms with Crippen LogP contribution in [-0.2, 0) is 4.74 Å². The number of rotatable bonds is 5. The SMILES string of the molecule is CCC(C)C(N)CNC1(C)CCCOC1. The molecule has 1 fully saturated rings. The molecule has 1 aliphatic heterocycles. The second kappa shape index (κ2) is 5.83. The largest absolute Gasteiger partial charge is 0.380 e. The highest BCUT2D eigenvalue weighted by Crippen LogP contribution is 2.18. The van der Waals surface area contributed by atoms with Crippen LogP contribution < -0.4 is 11.1 Å². The fourth-order valence-electron chi connectivity index (χ4n) is 1.94. The molecule has 0 saturated carbocycles. The lowest BCUT2D eigenvalue weighted by Crippen LogP contribution is -2.53. The quantitative estimate of drug-likeness (QED) is 0.729. The van der Waals surface area contributed by atoms with Crippen LogP contribution in [0.2, 0.25) is 0 Å². The van der Waals surface area contributed by atoms with E-state index in [0.29, 0.717) is 5.92 Å². The Morgan fingerprint density at radius 3 is 2.80 bits per heavy atom. The Hall–Kier alpha value is -0.120. The van der Waals surface area contributed by atoms with Crippen LogP contribution in [0, 0.1) is 5.92 Å². The summed E-state index contributed by atoms with van der Waals surface area (Å²) in [4.78, 5) is 0. The minimum absolute atomic E-state index is 0.142. The van der Waals surface area contributed by atoms with E-state index in [4.69, 9.17) is 10.5 Å². The molecular formula is C12H26N2O. The zero-order valence-corrected chi connectivity index (χ0v) is 10.4. The van der Waals surface area contributed by atoms with E-state index in [2.05, 4.69) is 26.1 Å². The molecule has 90 valence electrons. The molecule has 0 bridgehead atoms. The zero-order valence-electron chi connectivity index (χ0n) is 10.4. The van der Waals surface area contributed by atoms with Crippen molar-refractivity contribution in [1.29, 1.82) is 0 Å². The van der Waals surface area contributed by atoms with Gasteiger partial charge in [0.25, 0.3) is 0 Å². The first-order valence-corrected chi connectivity index (χ1v) is 6.16. The lowest BCUT2D eigenvalue weighted by molar-refractivity contribution is 0.0274. The Labute approximate surface area is 93.8 Å². The van der Waals surface area contributed by atoms with Gasteiger partial charge in [0, 0.05) is 24.7 Å². The predicted octanol–water partition coefficient (Wildman–Crippen LogP) is 1.52. The van der Waals surface area contributed by atoms with Gasteiger partial charge in [-0.05, 0) is 25.7 Å². The van der Waals surface area contributed by atoms with E-state index >= 15 is 0 Å². The Bertz CT molecular complexity index is 178. The van der Waals surface area contributed by atoms with Crippen molar-refractivity contribution in [3.05, 3.63) is 0 Å². The lowest BCUT2D eigenvalue weighted by atomic mass is 9.93. The van der Waals surface area contributed by atoms with E-state index in [0.717, 1.165) is 32.6 Å². The molecular weight excluding hydrogens is 188 g/mol. The van der Waals surface area contributed by atoms with Crippen LogP contribution in [0.15, 0.2) is 0 Å². The first-order valence-electron chi connectivity index (χ1n) is 6.16. The molecule has 0 aliphatic carbocycles. The van der Waals surface area contributed by atoms with Gasteiger partial charge in [0.2, 0.25) is 0 Å². The van der Waals surface area contributed by atoms with Crippen molar-refractivity contribution in [2.24, 2.45) is 11.7 Å². The fourth-order valence-corrected chi connectivity index (χ4v) is 1.94. The fraction of sp³-hybridized carbons (Fsp3) is 1.00. The van der Waals surface area contributed by atoms with Crippen LogP contribution in [0.25, 0.3) is 0 Å². The van der Waals surface area contributed by atoms with Crippen molar-refractivity contribution >= 4 is 0 Å². The van der Waals surface area contributed by atoms with Gasteiger partial charge >= 0.3 is 0 Å². The summed E-state index contributed by atoms with van der Waals surface area (Å²) in [6.07, 6.45) is 3.50. The Morgan fingerprint density at radius 2 is 2.27 bits per heavy atom. The molecule has 0 aromatic heterocycles. The predicted molar refractivity (Wildman–Crippen MR) is 63.9 cm³/mol. The summed E-state index contributed by atoms with van der Waals surface area (Å²) in [5.74, 6) is 0.589. The molecule has 0 radical (unpaired) electrons. The van der Waals surface area contributed by atoms with Crippen LogP contribution in [0.3, 0.4) is 0 Å². The van der Waals surface area contributed by atoms with Crippen molar-refractivity contribution in [2.75, 3.05) is 19.8 Å². The molecule has 3 heteroatoms. The van der Waals surface area contributed by atoms with Crippen LogP contribution >= 0.6 is 0 Å². The smallest absolute Gasteiger partial charge is 0.0645 e. The highest BCUT2D eigenvalue weighted by atomic mass is 16.5. The van der Waals surface area contributed by atoms with E-state index in [1.807, 2.05) is 0 Å². The van der Waals surface area contributed by atoms with Gasteiger partial charge in [0.15, 0.2) is 0 Å². The van der Waals surface area contributed by atoms with Crippen molar-refractivity contribution < 1.29 is 4.74 Å². The maximum atomic E-state index is 6.10. The molecule has 1 rings (SSSR count). The van der Waals surface area contributed by atoms with Gasteiger partial charge in [-0.1, -0.05) is 20.3 Å². The molecule has 0 amide bonds. The number of ether oxygens (including phenoxy) is 1. The summed E-state index contributed by atoms with van der Waals surface area (Å²) in [6, 6.07) is 0.258. The van der Waals surface area contributed by atoms with Crippen LogP contribution in [-0.4, -0.2) is 31.3 Å². The van der Waals surface area contributed by atoms with Gasteiger partial charge in [0.05, 0.1) is 6.61 Å². The van der Waals surface area contributed by atoms with Gasteiger partial charge < -0.3 is 15.8 Å². The molecule has 1 heterocycles. The van der Waals surface area contributed by atoms with Gasteiger partial charge in [-0.15, -0.1) is 0 Å². The number of hydrogen-bond acceptors (Lipinski definition) is 3. The minimum atomic E-state index is 0.142. The van der Waals surface area contributed by atoms with E-state index in [1.54, 1.807) is 0 Å². The van der Waals surface area contributed by atoms with Crippen molar-refractivity contribution in [3.8, 4) is 0 Å². The lowest BCUT2D eigenvalue weighted by Gasteiger charge is -2.36. The molecule has 0 spiro atoms. The highest BCUT2D eigenvalue weighted by Gasteiger charge is 2.27. The highest BCUT2D eigenvalue weighted by molar-refractivity contribution is 4.87. The van der Waals surface area contributed by atoms with E-state index in [9.17, 15) is 0 Å². The van der Waals surface area contributed by atoms with Gasteiger partial charge in [-0.2, -0.15) is 0 Å². The second-order valence-corrected chi connectivity index (χ2v) is 5.15. The van der Waals surface area contributed by atoms with Crippen LogP contribution in [0.1, 0.15) is 40.0 Å². The first-order chi connectivity index (χ1) is 7.07. The molecule has 3 atom stereocenters. The standard InChI is InChI=1S/C12H26N2O/c1-4-10(2)11(13)8-14-12(3)6-5-7-15-9-12/h10-11,14H,4-9,13H2,1-3H3. The molecule has 3 nitrogen and oxygen atoms in total. The van der Waals surface area contributed by atoms with E-state index < -0.39 is 0 Å². The van der Waals surface area contributed by atoms with Crippen molar-refractivity contribution in [2.45, 2.75) is 51.6 Å². The molecule has 0 aromatic rings. The van der Waals surface area contributed by atoms with Crippen LogP contribution in [0.5, 0.6) is 0 Å². The van der Waals surface area contributed by atoms with Gasteiger partial charge in [0.1, 0.15) is 0 Å². The maximum absolute atomic E-state index is 6.10. The number of nitrogens with two attached hydrogens (primary N) is 1. The van der Waals surface area contributed by atoms with Crippen molar-refractivity contribution in [1.82, 2.24) is 5.32 Å². The molecule has 15 heavy (non-hydrogen) atoms. The summed E-state index contributed by atoms with van der Waals surface area (Å²) in [6.45, 7) is 9.27. The zero-order chi connectivity index (χ0) is 11.3. The van der Waals surface area contributed by atoms with Gasteiger partial charge in [-0.25, -0.2) is 0 Å². The summed E-state index contributed by atoms with van der Waals surface area (Å²) in [5, 5.41) is 3.56. The molecule has 1 saturated heterocycles. The number of nitrogens with one attached hydrogen (secondary N) is 1. The third-order valence-electron chi connectivity index (χ3n) is 3.58. The topological polar surface area (TPSA) is 47.3 Å². The third kappa shape index (κ3) is 4.09. The molecule has 3 unspecified atom stereocenters. The van der Waals surface area contributed by atoms with Crippen molar-refractivity contribution in [3.63, 3.8) is 0 Å². The second-order valence-electron chi connectivity index (χ2n) is 5.15. The average molecular weight is 214 g/mol. The molecule has 1 aliphatic rings. The van der Waals surface area contributed by atoms with Crippen LogP contribution in [0.4, 0.5) is 0 Å². The summed E-state index contributed by atoms with van der Waals surface area (Å²) >= 11 is 0. The average Bonchev–Trinajstić information content (AvgIpc) is 2.26. The van der Waals surface area contributed by atoms with E-state index in [-0.39, 0.29) is 11.6 Å². The Morgan fingerprint density at radius 1 is 1.53 bits per heavy atom. The minimum Gasteiger partial charge on any atom is -0.380 e.